The molecule has 2 aromatic heterocycles. The van der Waals surface area contributed by atoms with Gasteiger partial charge in [-0.15, -0.1) is 12.4 Å². The summed E-state index contributed by atoms with van der Waals surface area (Å²) < 4.78 is 3.01. The van der Waals surface area contributed by atoms with Crippen LogP contribution < -0.4 is 4.90 Å². The van der Waals surface area contributed by atoms with Crippen LogP contribution in [0.1, 0.15) is 17.5 Å². The summed E-state index contributed by atoms with van der Waals surface area (Å²) in [5.74, 6) is 0.0460. The highest BCUT2D eigenvalue weighted by molar-refractivity contribution is 7.22. The molecule has 0 spiro atoms. The van der Waals surface area contributed by atoms with Crippen LogP contribution in [0.2, 0.25) is 5.02 Å². The molecule has 0 saturated heterocycles. The first-order valence-corrected chi connectivity index (χ1v) is 10.7. The molecule has 0 N–H and O–H groups in total. The van der Waals surface area contributed by atoms with Crippen molar-refractivity contribution in [3.8, 4) is 0 Å². The average molecular weight is 461 g/mol. The number of aryl methyl sites for hydroxylation is 2. The zero-order chi connectivity index (χ0) is 20.2. The molecule has 0 aliphatic heterocycles. The fourth-order valence-corrected chi connectivity index (χ4v) is 4.75. The smallest absolute Gasteiger partial charge is 0.233 e. The van der Waals surface area contributed by atoms with E-state index < -0.39 is 0 Å². The van der Waals surface area contributed by atoms with Crippen LogP contribution >= 0.6 is 35.3 Å². The number of carbonyl (C=O) groups is 1. The number of anilines is 1. The number of thiazole rings is 1. The minimum Gasteiger partial charge on any atom is -0.337 e. The second kappa shape index (κ2) is 10.1. The molecule has 0 saturated carbocycles. The summed E-state index contributed by atoms with van der Waals surface area (Å²) >= 11 is 7.72. The van der Waals surface area contributed by atoms with Crippen LogP contribution in [0.4, 0.5) is 5.13 Å². The maximum Gasteiger partial charge on any atom is 0.233 e. The van der Waals surface area contributed by atoms with Crippen LogP contribution in [0.5, 0.6) is 0 Å². The van der Waals surface area contributed by atoms with E-state index in [-0.39, 0.29) is 18.3 Å². The molecule has 2 heterocycles. The van der Waals surface area contributed by atoms with Crippen molar-refractivity contribution in [1.29, 1.82) is 0 Å². The van der Waals surface area contributed by atoms with E-state index in [2.05, 4.69) is 4.98 Å². The summed E-state index contributed by atoms with van der Waals surface area (Å²) in [7, 11) is 0. The van der Waals surface area contributed by atoms with Gasteiger partial charge in [-0.2, -0.15) is 0 Å². The summed E-state index contributed by atoms with van der Waals surface area (Å²) in [5.41, 5.74) is 2.92. The standard InChI is InChI=1S/C22H21ClN4OS.ClH/c1-16-12-18(23)14-19-21(16)25-22(29-19)27(10-5-9-26-11-8-24-15-26)20(28)13-17-6-3-2-4-7-17;/h2-4,6-8,11-12,14-15H,5,9-10,13H2,1H3;1H. The van der Waals surface area contributed by atoms with Gasteiger partial charge in [0, 0.05) is 30.5 Å². The first-order valence-electron chi connectivity index (χ1n) is 9.47. The number of fused-ring (bicyclic) bond motifs is 1. The van der Waals surface area contributed by atoms with Gasteiger partial charge in [0.15, 0.2) is 5.13 Å². The zero-order valence-corrected chi connectivity index (χ0v) is 18.9. The summed E-state index contributed by atoms with van der Waals surface area (Å²) in [4.78, 5) is 23.8. The van der Waals surface area contributed by atoms with Crippen LogP contribution in [-0.4, -0.2) is 27.0 Å². The van der Waals surface area contributed by atoms with E-state index >= 15 is 0 Å². The molecule has 0 radical (unpaired) electrons. The van der Waals surface area contributed by atoms with E-state index in [1.165, 1.54) is 11.3 Å². The van der Waals surface area contributed by atoms with Gasteiger partial charge in [-0.1, -0.05) is 53.3 Å². The quantitative estimate of drug-likeness (QED) is 0.363. The Kier molecular flexibility index (Phi) is 7.48. The second-order valence-electron chi connectivity index (χ2n) is 6.93. The predicted molar refractivity (Wildman–Crippen MR) is 126 cm³/mol. The number of benzene rings is 2. The summed E-state index contributed by atoms with van der Waals surface area (Å²) in [6.45, 7) is 3.38. The Morgan fingerprint density at radius 1 is 1.23 bits per heavy atom. The molecule has 2 aromatic carbocycles. The molecule has 0 aliphatic rings. The lowest BCUT2D eigenvalue weighted by atomic mass is 10.1. The van der Waals surface area contributed by atoms with E-state index in [0.717, 1.165) is 39.4 Å². The Morgan fingerprint density at radius 3 is 2.77 bits per heavy atom. The zero-order valence-electron chi connectivity index (χ0n) is 16.5. The van der Waals surface area contributed by atoms with Gasteiger partial charge in [0.1, 0.15) is 0 Å². The van der Waals surface area contributed by atoms with Gasteiger partial charge in [-0.3, -0.25) is 9.69 Å². The Hall–Kier alpha value is -2.41. The minimum absolute atomic E-state index is 0. The molecule has 5 nitrogen and oxygen atoms in total. The number of hydrogen-bond donors (Lipinski definition) is 0. The van der Waals surface area contributed by atoms with Crippen molar-refractivity contribution in [1.82, 2.24) is 14.5 Å². The van der Waals surface area contributed by atoms with Gasteiger partial charge in [0.25, 0.3) is 0 Å². The van der Waals surface area contributed by atoms with E-state index in [4.69, 9.17) is 16.6 Å². The lowest BCUT2D eigenvalue weighted by Crippen LogP contribution is -2.33. The topological polar surface area (TPSA) is 51.0 Å². The first kappa shape index (κ1) is 22.3. The van der Waals surface area contributed by atoms with Crippen molar-refractivity contribution in [2.24, 2.45) is 0 Å². The number of aromatic nitrogens is 3. The monoisotopic (exact) mass is 460 g/mol. The lowest BCUT2D eigenvalue weighted by molar-refractivity contribution is -0.118. The van der Waals surface area contributed by atoms with Crippen molar-refractivity contribution in [2.45, 2.75) is 26.3 Å². The third kappa shape index (κ3) is 5.19. The van der Waals surface area contributed by atoms with Crippen molar-refractivity contribution >= 4 is 56.6 Å². The van der Waals surface area contributed by atoms with E-state index in [0.29, 0.717) is 18.0 Å². The average Bonchev–Trinajstić information content (AvgIpc) is 3.35. The van der Waals surface area contributed by atoms with Gasteiger partial charge in [-0.25, -0.2) is 9.97 Å². The number of imidazole rings is 1. The van der Waals surface area contributed by atoms with Gasteiger partial charge in [0.05, 0.1) is 23.0 Å². The summed E-state index contributed by atoms with van der Waals surface area (Å²) in [6.07, 6.45) is 6.64. The maximum absolute atomic E-state index is 13.2. The molecule has 0 fully saturated rings. The number of rotatable bonds is 7. The number of carbonyl (C=O) groups excluding carboxylic acids is 1. The number of hydrogen-bond acceptors (Lipinski definition) is 4. The van der Waals surface area contributed by atoms with Crippen molar-refractivity contribution < 1.29 is 4.79 Å². The largest absolute Gasteiger partial charge is 0.337 e. The van der Waals surface area contributed by atoms with E-state index in [1.54, 1.807) is 12.5 Å². The molecule has 30 heavy (non-hydrogen) atoms. The molecular weight excluding hydrogens is 439 g/mol. The van der Waals surface area contributed by atoms with Gasteiger partial charge >= 0.3 is 0 Å². The molecule has 1 amide bonds. The van der Waals surface area contributed by atoms with Gasteiger partial charge in [0.2, 0.25) is 5.91 Å². The van der Waals surface area contributed by atoms with Crippen LogP contribution in [0.3, 0.4) is 0 Å². The number of halogens is 2. The number of amides is 1. The second-order valence-corrected chi connectivity index (χ2v) is 8.37. The molecular formula is C22H22Cl2N4OS. The van der Waals surface area contributed by atoms with Crippen molar-refractivity contribution in [3.63, 3.8) is 0 Å². The molecule has 156 valence electrons. The molecule has 0 atom stereocenters. The van der Waals surface area contributed by atoms with E-state index in [9.17, 15) is 4.79 Å². The van der Waals surface area contributed by atoms with Crippen LogP contribution in [0.15, 0.2) is 61.2 Å². The third-order valence-electron chi connectivity index (χ3n) is 4.73. The third-order valence-corrected chi connectivity index (χ3v) is 5.97. The molecule has 4 rings (SSSR count). The highest BCUT2D eigenvalue weighted by atomic mass is 35.5. The molecule has 0 unspecified atom stereocenters. The highest BCUT2D eigenvalue weighted by Gasteiger charge is 2.20. The van der Waals surface area contributed by atoms with Crippen LogP contribution in [0, 0.1) is 6.92 Å². The normalized spacial score (nSPS) is 10.7. The first-order chi connectivity index (χ1) is 14.1. The predicted octanol–water partition coefficient (Wildman–Crippen LogP) is 5.54. The van der Waals surface area contributed by atoms with Crippen LogP contribution in [0.25, 0.3) is 10.2 Å². The highest BCUT2D eigenvalue weighted by Crippen LogP contribution is 2.33. The Balaban J connectivity index is 0.00000256. The fourth-order valence-electron chi connectivity index (χ4n) is 3.28. The van der Waals surface area contributed by atoms with Gasteiger partial charge in [-0.05, 0) is 36.6 Å². The summed E-state index contributed by atoms with van der Waals surface area (Å²) in [6, 6.07) is 13.6. The Bertz CT molecular complexity index is 1110. The van der Waals surface area contributed by atoms with E-state index in [1.807, 2.05) is 65.1 Å². The van der Waals surface area contributed by atoms with Gasteiger partial charge < -0.3 is 4.57 Å². The number of nitrogens with zero attached hydrogens (tertiary/aromatic N) is 4. The molecule has 0 bridgehead atoms. The SMILES string of the molecule is Cc1cc(Cl)cc2sc(N(CCCn3ccnc3)C(=O)Cc3ccccc3)nc12.Cl. The minimum atomic E-state index is 0. The van der Waals surface area contributed by atoms with Crippen molar-refractivity contribution in [2.75, 3.05) is 11.4 Å². The summed E-state index contributed by atoms with van der Waals surface area (Å²) in [5, 5.41) is 1.41. The maximum atomic E-state index is 13.2. The Labute approximate surface area is 190 Å². The molecule has 8 heteroatoms. The molecule has 0 aliphatic carbocycles. The van der Waals surface area contributed by atoms with Crippen molar-refractivity contribution in [3.05, 3.63) is 77.3 Å². The Morgan fingerprint density at radius 2 is 2.03 bits per heavy atom. The lowest BCUT2D eigenvalue weighted by Gasteiger charge is -2.20. The molecule has 4 aromatic rings. The fraction of sp³-hybridized carbons (Fsp3) is 0.227. The van der Waals surface area contributed by atoms with Crippen LogP contribution in [-0.2, 0) is 17.8 Å².